The molecule has 0 spiro atoms. The molecule has 0 radical (unpaired) electrons. The normalized spacial score (nSPS) is 17.8. The highest BCUT2D eigenvalue weighted by atomic mass is 16.5. The number of carbonyl (C=O) groups is 1. The molecule has 80 valence electrons. The smallest absolute Gasteiger partial charge is 0.315 e. The molecule has 1 aliphatic heterocycles. The first kappa shape index (κ1) is 9.83. The molecule has 1 aliphatic rings. The molecule has 2 N–H and O–H groups in total. The van der Waals surface area contributed by atoms with Crippen LogP contribution in [0.5, 0.6) is 5.75 Å². The van der Waals surface area contributed by atoms with Crippen molar-refractivity contribution in [1.82, 2.24) is 10.6 Å². The van der Waals surface area contributed by atoms with E-state index in [-0.39, 0.29) is 12.1 Å². The van der Waals surface area contributed by atoms with Crippen LogP contribution in [0.15, 0.2) is 24.3 Å². The SMILES string of the molecule is CCNC(=O)NC1COc2ccccc21. The van der Waals surface area contributed by atoms with E-state index in [9.17, 15) is 4.79 Å². The van der Waals surface area contributed by atoms with Crippen LogP contribution in [0.25, 0.3) is 0 Å². The molecular weight excluding hydrogens is 192 g/mol. The summed E-state index contributed by atoms with van der Waals surface area (Å²) >= 11 is 0. The van der Waals surface area contributed by atoms with Gasteiger partial charge in [-0.15, -0.1) is 0 Å². The summed E-state index contributed by atoms with van der Waals surface area (Å²) in [5, 5.41) is 5.56. The van der Waals surface area contributed by atoms with Crippen LogP contribution in [0.2, 0.25) is 0 Å². The Morgan fingerprint density at radius 2 is 2.33 bits per heavy atom. The lowest BCUT2D eigenvalue weighted by molar-refractivity contribution is 0.232. The van der Waals surface area contributed by atoms with Crippen LogP contribution < -0.4 is 15.4 Å². The van der Waals surface area contributed by atoms with Crippen molar-refractivity contribution in [2.75, 3.05) is 13.2 Å². The molecule has 2 amide bonds. The monoisotopic (exact) mass is 206 g/mol. The van der Waals surface area contributed by atoms with Crippen LogP contribution in [0.3, 0.4) is 0 Å². The third-order valence-electron chi connectivity index (χ3n) is 2.34. The molecule has 1 unspecified atom stereocenters. The molecule has 0 bridgehead atoms. The number of urea groups is 1. The second-order valence-electron chi connectivity index (χ2n) is 3.41. The molecule has 1 atom stereocenters. The zero-order chi connectivity index (χ0) is 10.7. The minimum absolute atomic E-state index is 0.0345. The molecule has 0 aromatic heterocycles. The van der Waals surface area contributed by atoms with E-state index in [0.717, 1.165) is 11.3 Å². The third kappa shape index (κ3) is 2.03. The van der Waals surface area contributed by atoms with Crippen molar-refractivity contribution in [3.05, 3.63) is 29.8 Å². The van der Waals surface area contributed by atoms with Gasteiger partial charge in [-0.05, 0) is 13.0 Å². The fourth-order valence-electron chi connectivity index (χ4n) is 1.65. The van der Waals surface area contributed by atoms with Gasteiger partial charge in [0.05, 0.1) is 6.04 Å². The Labute approximate surface area is 88.6 Å². The van der Waals surface area contributed by atoms with E-state index in [1.54, 1.807) is 0 Å². The van der Waals surface area contributed by atoms with Gasteiger partial charge in [-0.25, -0.2) is 4.79 Å². The Bertz CT molecular complexity index is 365. The Morgan fingerprint density at radius 3 is 3.13 bits per heavy atom. The Hall–Kier alpha value is -1.71. The first-order valence-electron chi connectivity index (χ1n) is 5.07. The lowest BCUT2D eigenvalue weighted by atomic mass is 10.1. The molecule has 1 aromatic carbocycles. The fourth-order valence-corrected chi connectivity index (χ4v) is 1.65. The number of nitrogens with one attached hydrogen (secondary N) is 2. The van der Waals surface area contributed by atoms with Gasteiger partial charge >= 0.3 is 6.03 Å². The topological polar surface area (TPSA) is 50.4 Å². The number of rotatable bonds is 2. The highest BCUT2D eigenvalue weighted by molar-refractivity contribution is 5.74. The van der Waals surface area contributed by atoms with Crippen molar-refractivity contribution >= 4 is 6.03 Å². The van der Waals surface area contributed by atoms with E-state index in [4.69, 9.17) is 4.74 Å². The van der Waals surface area contributed by atoms with E-state index in [0.29, 0.717) is 13.2 Å². The summed E-state index contributed by atoms with van der Waals surface area (Å²) < 4.78 is 5.45. The summed E-state index contributed by atoms with van der Waals surface area (Å²) in [4.78, 5) is 11.3. The predicted octanol–water partition coefficient (Wildman–Crippen LogP) is 1.44. The largest absolute Gasteiger partial charge is 0.491 e. The van der Waals surface area contributed by atoms with Crippen LogP contribution in [0.4, 0.5) is 4.79 Å². The average molecular weight is 206 g/mol. The number of benzene rings is 1. The highest BCUT2D eigenvalue weighted by Crippen LogP contribution is 2.31. The van der Waals surface area contributed by atoms with Gasteiger partial charge in [-0.1, -0.05) is 18.2 Å². The summed E-state index contributed by atoms with van der Waals surface area (Å²) in [5.41, 5.74) is 1.05. The lowest BCUT2D eigenvalue weighted by Crippen LogP contribution is -2.38. The van der Waals surface area contributed by atoms with E-state index in [2.05, 4.69) is 10.6 Å². The number of amides is 2. The van der Waals surface area contributed by atoms with Crippen molar-refractivity contribution in [2.24, 2.45) is 0 Å². The molecule has 4 heteroatoms. The minimum Gasteiger partial charge on any atom is -0.491 e. The summed E-state index contributed by atoms with van der Waals surface area (Å²) in [6.07, 6.45) is 0. The van der Waals surface area contributed by atoms with Crippen LogP contribution in [0, 0.1) is 0 Å². The van der Waals surface area contributed by atoms with Gasteiger partial charge in [0.1, 0.15) is 12.4 Å². The molecule has 2 rings (SSSR count). The maximum Gasteiger partial charge on any atom is 0.315 e. The van der Waals surface area contributed by atoms with E-state index in [1.807, 2.05) is 31.2 Å². The van der Waals surface area contributed by atoms with Crippen molar-refractivity contribution in [3.8, 4) is 5.75 Å². The molecule has 4 nitrogen and oxygen atoms in total. The first-order chi connectivity index (χ1) is 7.31. The molecule has 0 saturated heterocycles. The third-order valence-corrected chi connectivity index (χ3v) is 2.34. The van der Waals surface area contributed by atoms with Gasteiger partial charge in [0.2, 0.25) is 0 Å². The molecule has 15 heavy (non-hydrogen) atoms. The summed E-state index contributed by atoms with van der Waals surface area (Å²) in [5.74, 6) is 0.860. The maximum atomic E-state index is 11.3. The van der Waals surface area contributed by atoms with Crippen LogP contribution in [-0.2, 0) is 0 Å². The zero-order valence-corrected chi connectivity index (χ0v) is 8.62. The van der Waals surface area contributed by atoms with Gasteiger partial charge in [-0.2, -0.15) is 0 Å². The second-order valence-corrected chi connectivity index (χ2v) is 3.41. The van der Waals surface area contributed by atoms with Gasteiger partial charge < -0.3 is 15.4 Å². The first-order valence-corrected chi connectivity index (χ1v) is 5.07. The van der Waals surface area contributed by atoms with E-state index >= 15 is 0 Å². The van der Waals surface area contributed by atoms with Crippen LogP contribution >= 0.6 is 0 Å². The number of hydrogen-bond acceptors (Lipinski definition) is 2. The van der Waals surface area contributed by atoms with Crippen LogP contribution in [0.1, 0.15) is 18.5 Å². The van der Waals surface area contributed by atoms with Gasteiger partial charge in [0.15, 0.2) is 0 Å². The lowest BCUT2D eigenvalue weighted by Gasteiger charge is -2.11. The quantitative estimate of drug-likeness (QED) is 0.769. The number of hydrogen-bond donors (Lipinski definition) is 2. The van der Waals surface area contributed by atoms with Gasteiger partial charge in [0, 0.05) is 12.1 Å². The van der Waals surface area contributed by atoms with Gasteiger partial charge in [-0.3, -0.25) is 0 Å². The van der Waals surface area contributed by atoms with Crippen molar-refractivity contribution < 1.29 is 9.53 Å². The summed E-state index contributed by atoms with van der Waals surface area (Å²) in [7, 11) is 0. The molecular formula is C11H14N2O2. The van der Waals surface area contributed by atoms with E-state index < -0.39 is 0 Å². The molecule has 1 aromatic rings. The van der Waals surface area contributed by atoms with Crippen molar-refractivity contribution in [1.29, 1.82) is 0 Å². The molecule has 0 aliphatic carbocycles. The number of para-hydroxylation sites is 1. The number of fused-ring (bicyclic) bond motifs is 1. The molecule has 0 fully saturated rings. The van der Waals surface area contributed by atoms with Crippen molar-refractivity contribution in [3.63, 3.8) is 0 Å². The van der Waals surface area contributed by atoms with Crippen molar-refractivity contribution in [2.45, 2.75) is 13.0 Å². The van der Waals surface area contributed by atoms with Crippen LogP contribution in [-0.4, -0.2) is 19.2 Å². The Balaban J connectivity index is 2.04. The minimum atomic E-state index is -0.150. The Kier molecular flexibility index (Phi) is 2.76. The van der Waals surface area contributed by atoms with E-state index in [1.165, 1.54) is 0 Å². The standard InChI is InChI=1S/C11H14N2O2/c1-2-12-11(14)13-9-7-15-10-6-4-3-5-8(9)10/h3-6,9H,2,7H2,1H3,(H2,12,13,14). The maximum absolute atomic E-state index is 11.3. The fraction of sp³-hybridized carbons (Fsp3) is 0.364. The summed E-state index contributed by atoms with van der Waals surface area (Å²) in [6, 6.07) is 7.57. The molecule has 1 heterocycles. The average Bonchev–Trinajstić information content (AvgIpc) is 2.62. The highest BCUT2D eigenvalue weighted by Gasteiger charge is 2.24. The Morgan fingerprint density at radius 1 is 1.53 bits per heavy atom. The molecule has 0 saturated carbocycles. The zero-order valence-electron chi connectivity index (χ0n) is 8.62. The number of ether oxygens (including phenoxy) is 1. The summed E-state index contributed by atoms with van der Waals surface area (Å²) in [6.45, 7) is 3.02. The predicted molar refractivity (Wildman–Crippen MR) is 56.9 cm³/mol. The second kappa shape index (κ2) is 4.21. The number of carbonyl (C=O) groups excluding carboxylic acids is 1. The van der Waals surface area contributed by atoms with Gasteiger partial charge in [0.25, 0.3) is 0 Å².